The number of benzene rings is 1. The van der Waals surface area contributed by atoms with Crippen LogP contribution in [0.15, 0.2) is 24.5 Å². The van der Waals surface area contributed by atoms with Crippen LogP contribution < -0.4 is 0 Å². The minimum Gasteiger partial charge on any atom is -0.478 e. The second kappa shape index (κ2) is 4.60. The van der Waals surface area contributed by atoms with Crippen LogP contribution in [0, 0.1) is 12.7 Å². The van der Waals surface area contributed by atoms with Crippen LogP contribution >= 0.6 is 0 Å². The van der Waals surface area contributed by atoms with Gasteiger partial charge in [-0.25, -0.2) is 9.18 Å². The number of carboxylic acids is 1. The van der Waals surface area contributed by atoms with E-state index in [1.54, 1.807) is 24.0 Å². The first-order chi connectivity index (χ1) is 8.52. The quantitative estimate of drug-likeness (QED) is 0.908. The Labute approximate surface area is 104 Å². The van der Waals surface area contributed by atoms with E-state index >= 15 is 0 Å². The Hall–Kier alpha value is -2.17. The molecule has 0 aliphatic carbocycles. The number of aromatic nitrogens is 2. The summed E-state index contributed by atoms with van der Waals surface area (Å²) in [4.78, 5) is 11.1. The first kappa shape index (κ1) is 12.3. The van der Waals surface area contributed by atoms with Crippen molar-refractivity contribution in [2.75, 3.05) is 0 Å². The van der Waals surface area contributed by atoms with Gasteiger partial charge < -0.3 is 5.11 Å². The van der Waals surface area contributed by atoms with Crippen LogP contribution in [0.5, 0.6) is 0 Å². The second-order valence-electron chi connectivity index (χ2n) is 4.04. The molecule has 1 N–H and O–H groups in total. The molecule has 94 valence electrons. The summed E-state index contributed by atoms with van der Waals surface area (Å²) in [6.45, 7) is 4.24. The molecule has 2 aromatic rings. The minimum absolute atomic E-state index is 0.0475. The van der Waals surface area contributed by atoms with E-state index in [1.165, 1.54) is 6.07 Å². The van der Waals surface area contributed by atoms with E-state index in [9.17, 15) is 9.18 Å². The van der Waals surface area contributed by atoms with E-state index in [4.69, 9.17) is 5.11 Å². The van der Waals surface area contributed by atoms with Crippen molar-refractivity contribution in [1.82, 2.24) is 9.78 Å². The average Bonchev–Trinajstić information content (AvgIpc) is 2.80. The van der Waals surface area contributed by atoms with Gasteiger partial charge in [-0.05, 0) is 37.1 Å². The summed E-state index contributed by atoms with van der Waals surface area (Å²) < 4.78 is 15.1. The Balaban J connectivity index is 2.61. The van der Waals surface area contributed by atoms with Crippen molar-refractivity contribution >= 4 is 5.97 Å². The Morgan fingerprint density at radius 3 is 2.78 bits per heavy atom. The highest BCUT2D eigenvalue weighted by Gasteiger charge is 2.16. The summed E-state index contributed by atoms with van der Waals surface area (Å²) in [5.41, 5.74) is 1.53. The van der Waals surface area contributed by atoms with Crippen molar-refractivity contribution in [2.24, 2.45) is 0 Å². The van der Waals surface area contributed by atoms with Crippen LogP contribution in [0.4, 0.5) is 4.39 Å². The van der Waals surface area contributed by atoms with Gasteiger partial charge in [0, 0.05) is 18.3 Å². The highest BCUT2D eigenvalue weighted by atomic mass is 19.1. The first-order valence-electron chi connectivity index (χ1n) is 5.59. The standard InChI is InChI=1S/C13H13FN2O2/c1-3-16-7-9(6-15-16)10-4-8(2)12(14)5-11(10)13(17)18/h4-7H,3H2,1-2H3,(H,17,18). The minimum atomic E-state index is -1.15. The van der Waals surface area contributed by atoms with Crippen LogP contribution in [0.3, 0.4) is 0 Å². The van der Waals surface area contributed by atoms with Crippen LogP contribution in [-0.4, -0.2) is 20.9 Å². The van der Waals surface area contributed by atoms with Gasteiger partial charge in [0.25, 0.3) is 0 Å². The number of aromatic carboxylic acids is 1. The Kier molecular flexibility index (Phi) is 3.14. The summed E-state index contributed by atoms with van der Waals surface area (Å²) in [5.74, 6) is -1.66. The summed E-state index contributed by atoms with van der Waals surface area (Å²) in [6.07, 6.45) is 3.34. The van der Waals surface area contributed by atoms with Gasteiger partial charge in [-0.3, -0.25) is 4.68 Å². The van der Waals surface area contributed by atoms with E-state index in [2.05, 4.69) is 5.10 Å². The normalized spacial score (nSPS) is 10.6. The lowest BCUT2D eigenvalue weighted by molar-refractivity contribution is 0.0697. The molecule has 4 nitrogen and oxygen atoms in total. The highest BCUT2D eigenvalue weighted by Crippen LogP contribution is 2.26. The number of carbonyl (C=O) groups is 1. The lowest BCUT2D eigenvalue weighted by atomic mass is 9.99. The largest absolute Gasteiger partial charge is 0.478 e. The van der Waals surface area contributed by atoms with Gasteiger partial charge >= 0.3 is 5.97 Å². The zero-order chi connectivity index (χ0) is 13.3. The van der Waals surface area contributed by atoms with Gasteiger partial charge in [0.2, 0.25) is 0 Å². The molecule has 1 heterocycles. The monoisotopic (exact) mass is 248 g/mol. The fraction of sp³-hybridized carbons (Fsp3) is 0.231. The fourth-order valence-corrected chi connectivity index (χ4v) is 1.77. The highest BCUT2D eigenvalue weighted by molar-refractivity contribution is 5.96. The first-order valence-corrected chi connectivity index (χ1v) is 5.59. The van der Waals surface area contributed by atoms with Gasteiger partial charge in [-0.1, -0.05) is 0 Å². The van der Waals surface area contributed by atoms with Gasteiger partial charge in [0.05, 0.1) is 11.8 Å². The van der Waals surface area contributed by atoms with Crippen LogP contribution in [0.1, 0.15) is 22.8 Å². The summed E-state index contributed by atoms with van der Waals surface area (Å²) >= 11 is 0. The van der Waals surface area contributed by atoms with Crippen molar-refractivity contribution in [1.29, 1.82) is 0 Å². The van der Waals surface area contributed by atoms with E-state index in [1.807, 2.05) is 6.92 Å². The lowest BCUT2D eigenvalue weighted by Gasteiger charge is -2.06. The van der Waals surface area contributed by atoms with E-state index in [0.29, 0.717) is 23.2 Å². The molecule has 0 bridgehead atoms. The zero-order valence-corrected chi connectivity index (χ0v) is 10.1. The molecule has 0 atom stereocenters. The van der Waals surface area contributed by atoms with Crippen LogP contribution in [0.2, 0.25) is 0 Å². The molecule has 0 amide bonds. The van der Waals surface area contributed by atoms with Gasteiger partial charge in [-0.15, -0.1) is 0 Å². The number of halogens is 1. The zero-order valence-electron chi connectivity index (χ0n) is 10.1. The molecule has 0 spiro atoms. The fourth-order valence-electron chi connectivity index (χ4n) is 1.77. The maximum atomic E-state index is 13.4. The van der Waals surface area contributed by atoms with Gasteiger partial charge in [-0.2, -0.15) is 5.10 Å². The summed E-state index contributed by atoms with van der Waals surface area (Å²) in [7, 11) is 0. The Morgan fingerprint density at radius 1 is 1.50 bits per heavy atom. The summed E-state index contributed by atoms with van der Waals surface area (Å²) in [5, 5.41) is 13.2. The molecular weight excluding hydrogens is 235 g/mol. The molecule has 1 aromatic heterocycles. The molecule has 0 saturated heterocycles. The van der Waals surface area contributed by atoms with Crippen LogP contribution in [0.25, 0.3) is 11.1 Å². The Bertz CT molecular complexity index is 605. The van der Waals surface area contributed by atoms with E-state index < -0.39 is 11.8 Å². The molecule has 0 unspecified atom stereocenters. The number of nitrogens with zero attached hydrogens (tertiary/aromatic N) is 2. The predicted octanol–water partition coefficient (Wildman–Crippen LogP) is 2.72. The number of hydrogen-bond donors (Lipinski definition) is 1. The maximum absolute atomic E-state index is 13.4. The van der Waals surface area contributed by atoms with Crippen molar-refractivity contribution in [2.45, 2.75) is 20.4 Å². The van der Waals surface area contributed by atoms with E-state index in [-0.39, 0.29) is 5.56 Å². The van der Waals surface area contributed by atoms with Crippen molar-refractivity contribution < 1.29 is 14.3 Å². The second-order valence-corrected chi connectivity index (χ2v) is 4.04. The third-order valence-electron chi connectivity index (χ3n) is 2.80. The molecule has 0 fully saturated rings. The van der Waals surface area contributed by atoms with Crippen molar-refractivity contribution in [3.8, 4) is 11.1 Å². The molecule has 1 aromatic carbocycles. The van der Waals surface area contributed by atoms with Gasteiger partial charge in [0.15, 0.2) is 0 Å². The molecule has 0 saturated carbocycles. The van der Waals surface area contributed by atoms with E-state index in [0.717, 1.165) is 6.07 Å². The Morgan fingerprint density at radius 2 is 2.22 bits per heavy atom. The molecule has 0 aliphatic heterocycles. The number of aryl methyl sites for hydroxylation is 2. The molecule has 5 heteroatoms. The SMILES string of the molecule is CCn1cc(-c2cc(C)c(F)cc2C(=O)O)cn1. The summed E-state index contributed by atoms with van der Waals surface area (Å²) in [6, 6.07) is 2.59. The third kappa shape index (κ3) is 2.11. The molecule has 2 rings (SSSR count). The van der Waals surface area contributed by atoms with Crippen LogP contribution in [-0.2, 0) is 6.54 Å². The third-order valence-corrected chi connectivity index (χ3v) is 2.80. The lowest BCUT2D eigenvalue weighted by Crippen LogP contribution is -2.01. The number of hydrogen-bond acceptors (Lipinski definition) is 2. The van der Waals surface area contributed by atoms with Gasteiger partial charge in [0.1, 0.15) is 5.82 Å². The average molecular weight is 248 g/mol. The van der Waals surface area contributed by atoms with Crippen molar-refractivity contribution in [3.63, 3.8) is 0 Å². The van der Waals surface area contributed by atoms with Crippen molar-refractivity contribution in [3.05, 3.63) is 41.5 Å². The molecule has 18 heavy (non-hydrogen) atoms. The predicted molar refractivity (Wildman–Crippen MR) is 65.0 cm³/mol. The molecular formula is C13H13FN2O2. The molecule has 0 aliphatic rings. The molecule has 0 radical (unpaired) electrons. The number of carboxylic acid groups (broad SMARTS) is 1. The number of rotatable bonds is 3. The maximum Gasteiger partial charge on any atom is 0.336 e. The topological polar surface area (TPSA) is 55.1 Å². The smallest absolute Gasteiger partial charge is 0.336 e.